The molecule has 114 valence electrons. The molecule has 2 aromatic rings. The normalized spacial score (nSPS) is 11.0. The second kappa shape index (κ2) is 6.70. The zero-order valence-electron chi connectivity index (χ0n) is 12.1. The molecule has 0 fully saturated rings. The second-order valence-corrected chi connectivity index (χ2v) is 5.72. The predicted octanol–water partition coefficient (Wildman–Crippen LogP) is -0.416. The van der Waals surface area contributed by atoms with E-state index in [1.54, 1.807) is 0 Å². The topological polar surface area (TPSA) is 60.7 Å². The highest BCUT2D eigenvalue weighted by molar-refractivity contribution is 5.50. The molecule has 0 aliphatic heterocycles. The Morgan fingerprint density at radius 2 is 1.29 bits per heavy atom. The summed E-state index contributed by atoms with van der Waals surface area (Å²) in [5, 5.41) is 28.5. The van der Waals surface area contributed by atoms with E-state index in [1.807, 2.05) is 18.2 Å². The lowest BCUT2D eigenvalue weighted by Gasteiger charge is -2.30. The molecule has 21 heavy (non-hydrogen) atoms. The number of phenols is 3. The van der Waals surface area contributed by atoms with Crippen molar-refractivity contribution in [2.24, 2.45) is 0 Å². The van der Waals surface area contributed by atoms with Crippen molar-refractivity contribution in [1.82, 2.24) is 0 Å². The summed E-state index contributed by atoms with van der Waals surface area (Å²) in [7, 11) is 4.15. The van der Waals surface area contributed by atoms with Crippen molar-refractivity contribution < 1.29 is 32.2 Å². The zero-order chi connectivity index (χ0) is 14.8. The molecule has 0 heterocycles. The number of aromatic hydroxyl groups is 3. The first-order valence-corrected chi connectivity index (χ1v) is 6.47. The minimum atomic E-state index is -0.470. The van der Waals surface area contributed by atoms with Gasteiger partial charge in [0.15, 0.2) is 17.2 Å². The number of nitrogens with zero attached hydrogens (tertiary/aromatic N) is 1. The van der Waals surface area contributed by atoms with Crippen molar-refractivity contribution in [1.29, 1.82) is 0 Å². The van der Waals surface area contributed by atoms with Crippen LogP contribution < -0.4 is 12.4 Å². The van der Waals surface area contributed by atoms with Gasteiger partial charge in [0.1, 0.15) is 13.1 Å². The molecule has 5 heteroatoms. The number of hydrogen-bond acceptors (Lipinski definition) is 3. The van der Waals surface area contributed by atoms with Gasteiger partial charge >= 0.3 is 0 Å². The predicted molar refractivity (Wildman–Crippen MR) is 77.4 cm³/mol. The maximum Gasteiger partial charge on any atom is 0.200 e. The third-order valence-corrected chi connectivity index (χ3v) is 3.19. The van der Waals surface area contributed by atoms with E-state index in [0.717, 1.165) is 12.1 Å². The van der Waals surface area contributed by atoms with Crippen LogP contribution in [0.15, 0.2) is 42.5 Å². The Morgan fingerprint density at radius 1 is 0.810 bits per heavy atom. The minimum Gasteiger partial charge on any atom is -1.00 e. The van der Waals surface area contributed by atoms with Crippen molar-refractivity contribution >= 4 is 0 Å². The lowest BCUT2D eigenvalue weighted by Crippen LogP contribution is -3.00. The van der Waals surface area contributed by atoms with Gasteiger partial charge in [-0.1, -0.05) is 30.3 Å². The lowest BCUT2D eigenvalue weighted by molar-refractivity contribution is -0.916. The Hall–Kier alpha value is -1.91. The van der Waals surface area contributed by atoms with Crippen LogP contribution in [0, 0.1) is 0 Å². The summed E-state index contributed by atoms with van der Waals surface area (Å²) < 4.78 is 0.674. The van der Waals surface area contributed by atoms with Gasteiger partial charge in [-0.05, 0) is 12.1 Å². The fraction of sp³-hybridized carbons (Fsp3) is 0.250. The van der Waals surface area contributed by atoms with Crippen molar-refractivity contribution in [2.75, 3.05) is 14.1 Å². The molecule has 0 saturated heterocycles. The van der Waals surface area contributed by atoms with Gasteiger partial charge in [0.05, 0.1) is 14.1 Å². The molecular weight excluding hydrogens is 290 g/mol. The third kappa shape index (κ3) is 4.55. The fourth-order valence-corrected chi connectivity index (χ4v) is 2.38. The summed E-state index contributed by atoms with van der Waals surface area (Å²) in [6, 6.07) is 13.1. The van der Waals surface area contributed by atoms with Gasteiger partial charge in [-0.3, -0.25) is 0 Å². The Morgan fingerprint density at radius 3 is 1.81 bits per heavy atom. The summed E-state index contributed by atoms with van der Waals surface area (Å²) >= 11 is 0. The van der Waals surface area contributed by atoms with Crippen molar-refractivity contribution in [3.05, 3.63) is 53.6 Å². The van der Waals surface area contributed by atoms with Crippen molar-refractivity contribution in [2.45, 2.75) is 13.1 Å². The summed E-state index contributed by atoms with van der Waals surface area (Å²) in [4.78, 5) is 0. The molecule has 3 N–H and O–H groups in total. The maximum atomic E-state index is 9.55. The molecule has 0 unspecified atom stereocenters. The lowest BCUT2D eigenvalue weighted by atomic mass is 10.1. The molecule has 0 saturated carbocycles. The first-order chi connectivity index (χ1) is 9.37. The standard InChI is InChI=1S/C16H19NO3.ClH/c1-17(2,10-12-6-4-3-5-7-12)11-13-8-14(18)16(20)15(19)9-13;/h3-9H,10-11H2,1-2H3,(H2-,18,19,20);1H. The average molecular weight is 310 g/mol. The number of halogens is 1. The molecule has 0 amide bonds. The average Bonchev–Trinajstić information content (AvgIpc) is 2.36. The number of benzene rings is 2. The van der Waals surface area contributed by atoms with Gasteiger partial charge in [-0.25, -0.2) is 0 Å². The number of rotatable bonds is 4. The van der Waals surface area contributed by atoms with E-state index in [4.69, 9.17) is 0 Å². The summed E-state index contributed by atoms with van der Waals surface area (Å²) in [5.74, 6) is -1.05. The molecular formula is C16H20ClNO3. The largest absolute Gasteiger partial charge is 1.00 e. The van der Waals surface area contributed by atoms with Crippen molar-refractivity contribution in [3.8, 4) is 17.2 Å². The number of quaternary nitrogens is 1. The quantitative estimate of drug-likeness (QED) is 0.531. The Balaban J connectivity index is 0.00000220. The molecule has 0 spiro atoms. The smallest absolute Gasteiger partial charge is 0.200 e. The molecule has 0 aromatic heterocycles. The molecule has 0 bridgehead atoms. The highest BCUT2D eigenvalue weighted by Gasteiger charge is 2.19. The number of hydrogen-bond donors (Lipinski definition) is 3. The Labute approximate surface area is 130 Å². The summed E-state index contributed by atoms with van der Waals surface area (Å²) in [6.07, 6.45) is 0. The molecule has 0 radical (unpaired) electrons. The fourth-order valence-electron chi connectivity index (χ4n) is 2.38. The van der Waals surface area contributed by atoms with Crippen LogP contribution in [-0.2, 0) is 13.1 Å². The first-order valence-electron chi connectivity index (χ1n) is 6.47. The van der Waals surface area contributed by atoms with Crippen LogP contribution in [0.25, 0.3) is 0 Å². The van der Waals surface area contributed by atoms with Crippen LogP contribution in [0.2, 0.25) is 0 Å². The van der Waals surface area contributed by atoms with Gasteiger partial charge in [0, 0.05) is 11.1 Å². The van der Waals surface area contributed by atoms with Gasteiger partial charge in [0.2, 0.25) is 0 Å². The van der Waals surface area contributed by atoms with Gasteiger partial charge < -0.3 is 32.2 Å². The zero-order valence-corrected chi connectivity index (χ0v) is 12.9. The van der Waals surface area contributed by atoms with Crippen LogP contribution in [-0.4, -0.2) is 33.9 Å². The van der Waals surface area contributed by atoms with E-state index < -0.39 is 5.75 Å². The SMILES string of the molecule is C[N+](C)(Cc1ccccc1)Cc1cc(O)c(O)c(O)c1.[Cl-]. The van der Waals surface area contributed by atoms with Gasteiger partial charge in [0.25, 0.3) is 0 Å². The monoisotopic (exact) mass is 309 g/mol. The minimum absolute atomic E-state index is 0. The molecule has 2 aromatic carbocycles. The second-order valence-electron chi connectivity index (χ2n) is 5.72. The number of phenolic OH excluding ortho intramolecular Hbond substituents is 3. The molecule has 2 rings (SSSR count). The highest BCUT2D eigenvalue weighted by atomic mass is 35.5. The van der Waals surface area contributed by atoms with Crippen LogP contribution in [0.5, 0.6) is 17.2 Å². The maximum absolute atomic E-state index is 9.55. The van der Waals surface area contributed by atoms with Crippen LogP contribution >= 0.6 is 0 Å². The molecule has 4 nitrogen and oxygen atoms in total. The van der Waals surface area contributed by atoms with Gasteiger partial charge in [-0.15, -0.1) is 0 Å². The summed E-state index contributed by atoms with van der Waals surface area (Å²) in [6.45, 7) is 1.47. The molecule has 0 aliphatic rings. The Bertz CT molecular complexity index is 577. The first kappa shape index (κ1) is 17.1. The van der Waals surface area contributed by atoms with Crippen LogP contribution in [0.3, 0.4) is 0 Å². The molecule has 0 atom stereocenters. The van der Waals surface area contributed by atoms with E-state index in [1.165, 1.54) is 17.7 Å². The van der Waals surface area contributed by atoms with Gasteiger partial charge in [-0.2, -0.15) is 0 Å². The van der Waals surface area contributed by atoms with E-state index in [0.29, 0.717) is 11.0 Å². The van der Waals surface area contributed by atoms with E-state index in [2.05, 4.69) is 26.2 Å². The van der Waals surface area contributed by atoms with Crippen LogP contribution in [0.4, 0.5) is 0 Å². The highest BCUT2D eigenvalue weighted by Crippen LogP contribution is 2.36. The van der Waals surface area contributed by atoms with E-state index >= 15 is 0 Å². The summed E-state index contributed by atoms with van der Waals surface area (Å²) in [5.41, 5.74) is 2.00. The molecule has 0 aliphatic carbocycles. The van der Waals surface area contributed by atoms with E-state index in [-0.39, 0.29) is 23.9 Å². The van der Waals surface area contributed by atoms with Crippen LogP contribution in [0.1, 0.15) is 11.1 Å². The third-order valence-electron chi connectivity index (χ3n) is 3.19. The van der Waals surface area contributed by atoms with E-state index in [9.17, 15) is 15.3 Å². The Kier molecular flexibility index (Phi) is 5.47. The van der Waals surface area contributed by atoms with Crippen molar-refractivity contribution in [3.63, 3.8) is 0 Å².